The van der Waals surface area contributed by atoms with Crippen LogP contribution >= 0.6 is 0 Å². The van der Waals surface area contributed by atoms with Crippen LogP contribution in [-0.2, 0) is 6.54 Å². The van der Waals surface area contributed by atoms with E-state index in [2.05, 4.69) is 24.0 Å². The Morgan fingerprint density at radius 1 is 1.62 bits per heavy atom. The van der Waals surface area contributed by atoms with Crippen molar-refractivity contribution in [1.82, 2.24) is 14.8 Å². The molecule has 0 aromatic carbocycles. The van der Waals surface area contributed by atoms with Crippen LogP contribution in [0.1, 0.15) is 32.2 Å². The molecule has 1 aromatic rings. The molecular weight excluding hydrogens is 166 g/mol. The van der Waals surface area contributed by atoms with Gasteiger partial charge in [-0.1, -0.05) is 13.8 Å². The van der Waals surface area contributed by atoms with Gasteiger partial charge in [0, 0.05) is 6.54 Å². The van der Waals surface area contributed by atoms with Crippen LogP contribution < -0.4 is 0 Å². The molecule has 1 aliphatic rings. The zero-order valence-electron chi connectivity index (χ0n) is 8.01. The van der Waals surface area contributed by atoms with Gasteiger partial charge in [-0.3, -0.25) is 0 Å². The summed E-state index contributed by atoms with van der Waals surface area (Å²) in [4.78, 5) is 0. The van der Waals surface area contributed by atoms with E-state index in [4.69, 9.17) is 0 Å². The van der Waals surface area contributed by atoms with E-state index in [0.717, 1.165) is 18.8 Å². The van der Waals surface area contributed by atoms with E-state index in [0.29, 0.717) is 11.8 Å². The zero-order chi connectivity index (χ0) is 9.42. The summed E-state index contributed by atoms with van der Waals surface area (Å²) in [5.74, 6) is 1.56. The smallest absolute Gasteiger partial charge is 0.162 e. The largest absolute Gasteiger partial charge is 0.385 e. The lowest BCUT2D eigenvalue weighted by Crippen LogP contribution is -2.28. The fourth-order valence-corrected chi connectivity index (χ4v) is 2.00. The highest BCUT2D eigenvalue weighted by atomic mass is 16.3. The summed E-state index contributed by atoms with van der Waals surface area (Å²) >= 11 is 0. The van der Waals surface area contributed by atoms with Crippen molar-refractivity contribution in [3.63, 3.8) is 0 Å². The number of aromatic nitrogens is 3. The van der Waals surface area contributed by atoms with E-state index < -0.39 is 6.10 Å². The first-order valence-electron chi connectivity index (χ1n) is 4.76. The normalized spacial score (nSPS) is 27.7. The molecule has 0 amide bonds. The first kappa shape index (κ1) is 8.69. The van der Waals surface area contributed by atoms with Crippen molar-refractivity contribution in [3.8, 4) is 0 Å². The summed E-state index contributed by atoms with van der Waals surface area (Å²) in [5, 5.41) is 17.7. The number of rotatable bonds is 1. The highest BCUT2D eigenvalue weighted by Gasteiger charge is 2.31. The summed E-state index contributed by atoms with van der Waals surface area (Å²) in [6.07, 6.45) is 2.27. The third kappa shape index (κ3) is 1.35. The Labute approximate surface area is 77.6 Å². The van der Waals surface area contributed by atoms with Crippen molar-refractivity contribution in [2.24, 2.45) is 11.8 Å². The molecule has 2 atom stereocenters. The van der Waals surface area contributed by atoms with Crippen LogP contribution in [0.25, 0.3) is 0 Å². The first-order chi connectivity index (χ1) is 6.20. The molecule has 0 radical (unpaired) electrons. The number of nitrogens with zero attached hydrogens (tertiary/aromatic N) is 3. The van der Waals surface area contributed by atoms with Gasteiger partial charge in [0.15, 0.2) is 5.82 Å². The Morgan fingerprint density at radius 2 is 2.38 bits per heavy atom. The minimum atomic E-state index is -0.434. The minimum absolute atomic E-state index is 0.330. The van der Waals surface area contributed by atoms with Gasteiger partial charge in [-0.15, -0.1) is 10.2 Å². The molecule has 13 heavy (non-hydrogen) atoms. The van der Waals surface area contributed by atoms with Gasteiger partial charge >= 0.3 is 0 Å². The van der Waals surface area contributed by atoms with Gasteiger partial charge in [-0.25, -0.2) is 0 Å². The number of fused-ring (bicyclic) bond motifs is 1. The highest BCUT2D eigenvalue weighted by molar-refractivity contribution is 4.98. The fourth-order valence-electron chi connectivity index (χ4n) is 2.00. The van der Waals surface area contributed by atoms with E-state index in [1.807, 2.05) is 4.57 Å². The maximum atomic E-state index is 9.96. The predicted molar refractivity (Wildman–Crippen MR) is 47.9 cm³/mol. The molecule has 0 aliphatic carbocycles. The highest BCUT2D eigenvalue weighted by Crippen LogP contribution is 2.33. The molecule has 2 unspecified atom stereocenters. The Bertz CT molecular complexity index is 295. The summed E-state index contributed by atoms with van der Waals surface area (Å²) in [6, 6.07) is 0. The molecule has 0 bridgehead atoms. The molecule has 1 aromatic heterocycles. The molecule has 1 N–H and O–H groups in total. The molecule has 4 nitrogen and oxygen atoms in total. The van der Waals surface area contributed by atoms with Crippen molar-refractivity contribution in [1.29, 1.82) is 0 Å². The van der Waals surface area contributed by atoms with Gasteiger partial charge in [0.1, 0.15) is 12.4 Å². The van der Waals surface area contributed by atoms with Gasteiger partial charge in [-0.05, 0) is 18.3 Å². The van der Waals surface area contributed by atoms with Crippen molar-refractivity contribution < 1.29 is 5.11 Å². The van der Waals surface area contributed by atoms with Gasteiger partial charge in [0.05, 0.1) is 0 Å². The van der Waals surface area contributed by atoms with Gasteiger partial charge in [0.25, 0.3) is 0 Å². The van der Waals surface area contributed by atoms with Crippen LogP contribution in [0, 0.1) is 11.8 Å². The van der Waals surface area contributed by atoms with E-state index in [1.54, 1.807) is 6.33 Å². The Morgan fingerprint density at radius 3 is 3.08 bits per heavy atom. The third-order valence-corrected chi connectivity index (χ3v) is 2.88. The Hall–Kier alpha value is -0.900. The zero-order valence-corrected chi connectivity index (χ0v) is 8.01. The van der Waals surface area contributed by atoms with Crippen LogP contribution in [0.15, 0.2) is 6.33 Å². The topological polar surface area (TPSA) is 50.9 Å². The molecule has 72 valence electrons. The number of hydrogen-bond acceptors (Lipinski definition) is 3. The van der Waals surface area contributed by atoms with Gasteiger partial charge < -0.3 is 9.67 Å². The summed E-state index contributed by atoms with van der Waals surface area (Å²) in [5.41, 5.74) is 0. The second-order valence-electron chi connectivity index (χ2n) is 4.02. The third-order valence-electron chi connectivity index (χ3n) is 2.88. The lowest BCUT2D eigenvalue weighted by atomic mass is 9.85. The summed E-state index contributed by atoms with van der Waals surface area (Å²) in [7, 11) is 0. The SMILES string of the molecule is CC(C)C1CCn2cnnc2C1O. The van der Waals surface area contributed by atoms with Crippen molar-refractivity contribution in [2.45, 2.75) is 32.9 Å². The van der Waals surface area contributed by atoms with Crippen LogP contribution in [0.5, 0.6) is 0 Å². The lowest BCUT2D eigenvalue weighted by molar-refractivity contribution is 0.0463. The average Bonchev–Trinajstić information content (AvgIpc) is 2.52. The van der Waals surface area contributed by atoms with Crippen molar-refractivity contribution in [2.75, 3.05) is 0 Å². The number of aliphatic hydroxyl groups is 1. The standard InChI is InChI=1S/C9H15N3O/c1-6(2)7-3-4-12-5-10-11-9(12)8(7)13/h5-8,13H,3-4H2,1-2H3. The number of aryl methyl sites for hydroxylation is 1. The van der Waals surface area contributed by atoms with Gasteiger partial charge in [0.2, 0.25) is 0 Å². The molecule has 2 rings (SSSR count). The van der Waals surface area contributed by atoms with Crippen LogP contribution in [0.3, 0.4) is 0 Å². The van der Waals surface area contributed by atoms with Crippen LogP contribution in [-0.4, -0.2) is 19.9 Å². The van der Waals surface area contributed by atoms with Crippen LogP contribution in [0.4, 0.5) is 0 Å². The van der Waals surface area contributed by atoms with E-state index in [9.17, 15) is 5.11 Å². The minimum Gasteiger partial charge on any atom is -0.385 e. The monoisotopic (exact) mass is 181 g/mol. The second-order valence-corrected chi connectivity index (χ2v) is 4.02. The molecular formula is C9H15N3O. The number of aliphatic hydroxyl groups excluding tert-OH is 1. The predicted octanol–water partition coefficient (Wildman–Crippen LogP) is 0.987. The summed E-state index contributed by atoms with van der Waals surface area (Å²) in [6.45, 7) is 5.21. The van der Waals surface area contributed by atoms with E-state index >= 15 is 0 Å². The van der Waals surface area contributed by atoms with Crippen LogP contribution in [0.2, 0.25) is 0 Å². The van der Waals surface area contributed by atoms with Crippen molar-refractivity contribution >= 4 is 0 Å². The number of hydrogen-bond donors (Lipinski definition) is 1. The molecule has 1 aliphatic heterocycles. The molecule has 4 heteroatoms. The quantitative estimate of drug-likeness (QED) is 0.702. The second kappa shape index (κ2) is 3.10. The van der Waals surface area contributed by atoms with Gasteiger partial charge in [-0.2, -0.15) is 0 Å². The Balaban J connectivity index is 2.27. The maximum absolute atomic E-state index is 9.96. The first-order valence-corrected chi connectivity index (χ1v) is 4.76. The molecule has 0 saturated heterocycles. The molecule has 0 saturated carbocycles. The maximum Gasteiger partial charge on any atom is 0.162 e. The Kier molecular flexibility index (Phi) is 2.07. The fraction of sp³-hybridized carbons (Fsp3) is 0.778. The van der Waals surface area contributed by atoms with E-state index in [-0.39, 0.29) is 0 Å². The van der Waals surface area contributed by atoms with Crippen molar-refractivity contribution in [3.05, 3.63) is 12.2 Å². The van der Waals surface area contributed by atoms with E-state index in [1.165, 1.54) is 0 Å². The molecule has 0 spiro atoms. The average molecular weight is 181 g/mol. The lowest BCUT2D eigenvalue weighted by Gasteiger charge is -2.30. The molecule has 2 heterocycles. The molecule has 0 fully saturated rings. The summed E-state index contributed by atoms with van der Waals surface area (Å²) < 4.78 is 1.93.